The highest BCUT2D eigenvalue weighted by Crippen LogP contribution is 2.24. The number of nitrogens with zero attached hydrogens (tertiary/aromatic N) is 4. The van der Waals surface area contributed by atoms with Crippen LogP contribution in [0.25, 0.3) is 11.0 Å². The van der Waals surface area contributed by atoms with Crippen LogP contribution in [0.2, 0.25) is 0 Å². The van der Waals surface area contributed by atoms with Crippen LogP contribution in [0.5, 0.6) is 0 Å². The summed E-state index contributed by atoms with van der Waals surface area (Å²) >= 11 is 0. The zero-order chi connectivity index (χ0) is 22.7. The number of aryl methyl sites for hydroxylation is 1. The van der Waals surface area contributed by atoms with Gasteiger partial charge in [0.05, 0.1) is 35.7 Å². The lowest BCUT2D eigenvalue weighted by Crippen LogP contribution is -2.40. The summed E-state index contributed by atoms with van der Waals surface area (Å²) in [6.45, 7) is 8.35. The molecule has 172 valence electrons. The van der Waals surface area contributed by atoms with Gasteiger partial charge >= 0.3 is 0 Å². The molecule has 0 unspecified atom stereocenters. The smallest absolute Gasteiger partial charge is 0.243 e. The Morgan fingerprint density at radius 3 is 2.56 bits per heavy atom. The van der Waals surface area contributed by atoms with Crippen molar-refractivity contribution in [3.05, 3.63) is 59.7 Å². The number of fused-ring (bicyclic) bond motifs is 1. The van der Waals surface area contributed by atoms with Gasteiger partial charge in [-0.2, -0.15) is 4.31 Å². The summed E-state index contributed by atoms with van der Waals surface area (Å²) in [5.74, 6) is 0.620. The van der Waals surface area contributed by atoms with Gasteiger partial charge < -0.3 is 9.30 Å². The third kappa shape index (κ3) is 4.71. The summed E-state index contributed by atoms with van der Waals surface area (Å²) in [5, 5.41) is 0. The lowest BCUT2D eigenvalue weighted by atomic mass is 10.2. The van der Waals surface area contributed by atoms with Crippen molar-refractivity contribution in [1.29, 1.82) is 0 Å². The lowest BCUT2D eigenvalue weighted by Gasteiger charge is -2.26. The fourth-order valence-electron chi connectivity index (χ4n) is 4.10. The Labute approximate surface area is 188 Å². The highest BCUT2D eigenvalue weighted by Gasteiger charge is 2.27. The van der Waals surface area contributed by atoms with Crippen LogP contribution >= 0.6 is 0 Å². The average molecular weight is 461 g/mol. The standard InChI is InChI=1S/C23H29FN4O3S/c1-3-26(16-18-6-5-7-19(24)14-18)17-23-25-21-15-20(8-9-22(21)28(23)4-2)32(29,30)27-10-12-31-13-11-27/h5-9,14-15H,3-4,10-13,16-17H2,1-2H3. The molecule has 7 nitrogen and oxygen atoms in total. The summed E-state index contributed by atoms with van der Waals surface area (Å²) in [6.07, 6.45) is 0. The van der Waals surface area contributed by atoms with E-state index in [-0.39, 0.29) is 10.7 Å². The van der Waals surface area contributed by atoms with Gasteiger partial charge in [0.15, 0.2) is 0 Å². The number of sulfonamides is 1. The Balaban J connectivity index is 1.62. The van der Waals surface area contributed by atoms with Gasteiger partial charge in [-0.1, -0.05) is 19.1 Å². The molecule has 0 amide bonds. The Kier molecular flexibility index (Phi) is 6.90. The highest BCUT2D eigenvalue weighted by molar-refractivity contribution is 7.89. The molecule has 0 aliphatic carbocycles. The van der Waals surface area contributed by atoms with Crippen LogP contribution < -0.4 is 0 Å². The Hall–Kier alpha value is -2.33. The first-order valence-corrected chi connectivity index (χ1v) is 12.4. The normalized spacial score (nSPS) is 15.6. The van der Waals surface area contributed by atoms with Crippen molar-refractivity contribution >= 4 is 21.1 Å². The van der Waals surface area contributed by atoms with Crippen molar-refractivity contribution in [2.75, 3.05) is 32.8 Å². The van der Waals surface area contributed by atoms with Gasteiger partial charge in [0.1, 0.15) is 11.6 Å². The van der Waals surface area contributed by atoms with Gasteiger partial charge in [0.2, 0.25) is 10.0 Å². The topological polar surface area (TPSA) is 67.7 Å². The predicted molar refractivity (Wildman–Crippen MR) is 121 cm³/mol. The maximum absolute atomic E-state index is 13.6. The van der Waals surface area contributed by atoms with Crippen molar-refractivity contribution in [3.8, 4) is 0 Å². The number of imidazole rings is 1. The molecule has 1 aromatic heterocycles. The second-order valence-corrected chi connectivity index (χ2v) is 9.81. The van der Waals surface area contributed by atoms with Crippen LogP contribution in [0.4, 0.5) is 4.39 Å². The van der Waals surface area contributed by atoms with Crippen molar-refractivity contribution in [3.63, 3.8) is 0 Å². The Bertz CT molecular complexity index is 1190. The average Bonchev–Trinajstić information content (AvgIpc) is 3.15. The van der Waals surface area contributed by atoms with Gasteiger partial charge in [0.25, 0.3) is 0 Å². The molecule has 4 rings (SSSR count). The molecule has 0 saturated carbocycles. The first-order valence-electron chi connectivity index (χ1n) is 11.0. The number of rotatable bonds is 8. The first kappa shape index (κ1) is 22.8. The molecule has 2 heterocycles. The van der Waals surface area contributed by atoms with Crippen LogP contribution in [0.1, 0.15) is 25.2 Å². The van der Waals surface area contributed by atoms with Crippen LogP contribution in [-0.2, 0) is 34.4 Å². The molecule has 2 aromatic carbocycles. The van der Waals surface area contributed by atoms with E-state index in [2.05, 4.69) is 16.4 Å². The second kappa shape index (κ2) is 9.66. The Morgan fingerprint density at radius 1 is 1.09 bits per heavy atom. The van der Waals surface area contributed by atoms with Gasteiger partial charge in [-0.25, -0.2) is 17.8 Å². The molecule has 0 radical (unpaired) electrons. The Morgan fingerprint density at radius 2 is 1.88 bits per heavy atom. The minimum Gasteiger partial charge on any atom is -0.379 e. The number of aromatic nitrogens is 2. The molecule has 9 heteroatoms. The van der Waals surface area contributed by atoms with Crippen LogP contribution in [0.3, 0.4) is 0 Å². The molecule has 1 fully saturated rings. The monoisotopic (exact) mass is 460 g/mol. The maximum atomic E-state index is 13.6. The molecule has 32 heavy (non-hydrogen) atoms. The number of benzene rings is 2. The zero-order valence-corrected chi connectivity index (χ0v) is 19.3. The summed E-state index contributed by atoms with van der Waals surface area (Å²) in [4.78, 5) is 7.23. The van der Waals surface area contributed by atoms with E-state index in [0.717, 1.165) is 30.0 Å². The van der Waals surface area contributed by atoms with E-state index < -0.39 is 10.0 Å². The van der Waals surface area contributed by atoms with Crippen LogP contribution in [-0.4, -0.2) is 60.0 Å². The summed E-state index contributed by atoms with van der Waals surface area (Å²) in [6, 6.07) is 11.8. The number of morpholine rings is 1. The largest absolute Gasteiger partial charge is 0.379 e. The van der Waals surface area contributed by atoms with Crippen LogP contribution in [0, 0.1) is 5.82 Å². The van der Waals surface area contributed by atoms with E-state index in [4.69, 9.17) is 9.72 Å². The minimum absolute atomic E-state index is 0.242. The van der Waals surface area contributed by atoms with E-state index in [9.17, 15) is 12.8 Å². The number of ether oxygens (including phenoxy) is 1. The molecule has 3 aromatic rings. The lowest BCUT2D eigenvalue weighted by molar-refractivity contribution is 0.0730. The van der Waals surface area contributed by atoms with Crippen molar-refractivity contribution in [1.82, 2.24) is 18.8 Å². The second-order valence-electron chi connectivity index (χ2n) is 7.87. The van der Waals surface area contributed by atoms with E-state index in [1.54, 1.807) is 24.3 Å². The summed E-state index contributed by atoms with van der Waals surface area (Å²) in [7, 11) is -3.58. The molecule has 0 atom stereocenters. The minimum atomic E-state index is -3.58. The predicted octanol–water partition coefficient (Wildman–Crippen LogP) is 3.24. The van der Waals surface area contributed by atoms with Crippen LogP contribution in [0.15, 0.2) is 47.4 Å². The highest BCUT2D eigenvalue weighted by atomic mass is 32.2. The SMILES string of the molecule is CCN(Cc1cccc(F)c1)Cc1nc2cc(S(=O)(=O)N3CCOCC3)ccc2n1CC. The van der Waals surface area contributed by atoms with Crippen molar-refractivity contribution in [2.45, 2.75) is 38.4 Å². The summed E-state index contributed by atoms with van der Waals surface area (Å²) < 4.78 is 48.5. The molecule has 0 spiro atoms. The maximum Gasteiger partial charge on any atom is 0.243 e. The molecule has 1 aliphatic rings. The van der Waals surface area contributed by atoms with E-state index in [1.807, 2.05) is 19.1 Å². The fourth-order valence-corrected chi connectivity index (χ4v) is 5.53. The molecular formula is C23H29FN4O3S. The number of hydrogen-bond donors (Lipinski definition) is 0. The van der Waals surface area contributed by atoms with Gasteiger partial charge in [-0.15, -0.1) is 0 Å². The van der Waals surface area contributed by atoms with E-state index in [0.29, 0.717) is 44.9 Å². The van der Waals surface area contributed by atoms with E-state index in [1.165, 1.54) is 10.4 Å². The quantitative estimate of drug-likeness (QED) is 0.516. The number of halogens is 1. The molecule has 1 aliphatic heterocycles. The molecule has 0 bridgehead atoms. The zero-order valence-electron chi connectivity index (χ0n) is 18.5. The van der Waals surface area contributed by atoms with Gasteiger partial charge in [-0.3, -0.25) is 4.90 Å². The third-order valence-corrected chi connectivity index (χ3v) is 7.72. The van der Waals surface area contributed by atoms with Crippen molar-refractivity contribution < 1.29 is 17.5 Å². The number of hydrogen-bond acceptors (Lipinski definition) is 5. The fraction of sp³-hybridized carbons (Fsp3) is 0.435. The molecule has 1 saturated heterocycles. The third-order valence-electron chi connectivity index (χ3n) is 5.83. The van der Waals surface area contributed by atoms with E-state index >= 15 is 0 Å². The molecule has 0 N–H and O–H groups in total. The summed E-state index contributed by atoms with van der Waals surface area (Å²) in [5.41, 5.74) is 2.48. The van der Waals surface area contributed by atoms with Gasteiger partial charge in [0, 0.05) is 26.2 Å². The van der Waals surface area contributed by atoms with Crippen molar-refractivity contribution in [2.24, 2.45) is 0 Å². The first-order chi connectivity index (χ1) is 15.4. The molecular weight excluding hydrogens is 431 g/mol. The van der Waals surface area contributed by atoms with Gasteiger partial charge in [-0.05, 0) is 49.4 Å².